The van der Waals surface area contributed by atoms with Crippen LogP contribution in [0, 0.1) is 0 Å². The van der Waals surface area contributed by atoms with E-state index in [-0.39, 0.29) is 5.91 Å². The van der Waals surface area contributed by atoms with Crippen LogP contribution < -0.4 is 10.1 Å². The van der Waals surface area contributed by atoms with Crippen LogP contribution >= 0.6 is 0 Å². The molecule has 1 heterocycles. The highest BCUT2D eigenvalue weighted by atomic mass is 16.5. The molecule has 0 bridgehead atoms. The van der Waals surface area contributed by atoms with Crippen LogP contribution in [0.1, 0.15) is 17.3 Å². The fraction of sp³-hybridized carbons (Fsp3) is 0.120. The molecule has 0 aliphatic rings. The van der Waals surface area contributed by atoms with Gasteiger partial charge in [-0.05, 0) is 67.6 Å². The third kappa shape index (κ3) is 4.73. The van der Waals surface area contributed by atoms with Gasteiger partial charge < -0.3 is 14.8 Å². The number of aromatic nitrogens is 2. The molecule has 0 aliphatic heterocycles. The number of fused-ring (bicyclic) bond motifs is 1. The second-order valence-electron chi connectivity index (χ2n) is 7.09. The number of benzene rings is 3. The molecule has 4 rings (SSSR count). The van der Waals surface area contributed by atoms with Gasteiger partial charge in [0.05, 0.1) is 35.6 Å². The van der Waals surface area contributed by atoms with E-state index in [2.05, 4.69) is 20.0 Å². The van der Waals surface area contributed by atoms with Crippen LogP contribution in [0.4, 0.5) is 5.69 Å². The molecule has 160 valence electrons. The Labute approximate surface area is 185 Å². The van der Waals surface area contributed by atoms with Crippen molar-refractivity contribution >= 4 is 28.6 Å². The van der Waals surface area contributed by atoms with E-state index < -0.39 is 12.1 Å². The summed E-state index contributed by atoms with van der Waals surface area (Å²) < 4.78 is 10.4. The molecule has 32 heavy (non-hydrogen) atoms. The van der Waals surface area contributed by atoms with Gasteiger partial charge in [0.25, 0.3) is 5.91 Å². The number of rotatable bonds is 6. The number of methoxy groups -OCH3 is 1. The van der Waals surface area contributed by atoms with E-state index in [1.165, 1.54) is 7.11 Å². The number of carbonyl (C=O) groups is 2. The number of carbonyl (C=O) groups excluding carboxylic acids is 2. The maximum atomic E-state index is 12.5. The summed E-state index contributed by atoms with van der Waals surface area (Å²) in [7, 11) is 1.32. The van der Waals surface area contributed by atoms with Crippen LogP contribution in [-0.2, 0) is 9.53 Å². The fourth-order valence-corrected chi connectivity index (χ4v) is 3.11. The molecule has 4 aromatic rings. The van der Waals surface area contributed by atoms with E-state index in [0.717, 1.165) is 22.3 Å². The van der Waals surface area contributed by atoms with Crippen molar-refractivity contribution in [2.24, 2.45) is 0 Å². The van der Waals surface area contributed by atoms with E-state index in [0.29, 0.717) is 17.0 Å². The average Bonchev–Trinajstić information content (AvgIpc) is 2.84. The molecule has 1 amide bonds. The normalized spacial score (nSPS) is 11.6. The number of amides is 1. The summed E-state index contributed by atoms with van der Waals surface area (Å²) in [4.78, 5) is 33.0. The number of nitrogens with zero attached hydrogens (tertiary/aromatic N) is 2. The number of nitrogens with one attached hydrogen (secondary N) is 1. The van der Waals surface area contributed by atoms with E-state index in [1.807, 2.05) is 36.4 Å². The Balaban J connectivity index is 1.39. The lowest BCUT2D eigenvalue weighted by Gasteiger charge is -2.15. The van der Waals surface area contributed by atoms with Gasteiger partial charge in [0.1, 0.15) is 5.75 Å². The van der Waals surface area contributed by atoms with Gasteiger partial charge in [-0.1, -0.05) is 12.1 Å². The molecule has 0 unspecified atom stereocenters. The number of hydrogen-bond acceptors (Lipinski definition) is 6. The van der Waals surface area contributed by atoms with Gasteiger partial charge in [0.2, 0.25) is 0 Å². The van der Waals surface area contributed by atoms with Crippen LogP contribution in [-0.4, -0.2) is 35.1 Å². The Hall–Kier alpha value is -4.26. The first-order valence-corrected chi connectivity index (χ1v) is 10.0. The molecule has 7 heteroatoms. The third-order valence-corrected chi connectivity index (χ3v) is 4.85. The molecule has 0 radical (unpaired) electrons. The molecule has 0 saturated heterocycles. The fourth-order valence-electron chi connectivity index (χ4n) is 3.11. The van der Waals surface area contributed by atoms with Crippen molar-refractivity contribution in [3.05, 3.63) is 84.6 Å². The van der Waals surface area contributed by atoms with Gasteiger partial charge in [-0.3, -0.25) is 9.78 Å². The van der Waals surface area contributed by atoms with Crippen molar-refractivity contribution in [1.29, 1.82) is 0 Å². The standard InChI is InChI=1S/C25H21N3O4/c1-16(24(29)27-19-11-7-18(8-12-19)25(30)31-2)32-20-13-9-17(10-14-20)23-15-26-21-5-3-4-6-22(21)28-23/h3-16H,1-2H3,(H,27,29)/t16-/m0/s1. The van der Waals surface area contributed by atoms with Gasteiger partial charge in [-0.15, -0.1) is 0 Å². The first-order valence-electron chi connectivity index (χ1n) is 10.0. The second kappa shape index (κ2) is 9.26. The summed E-state index contributed by atoms with van der Waals surface area (Å²) in [6, 6.07) is 21.5. The lowest BCUT2D eigenvalue weighted by molar-refractivity contribution is -0.122. The molecule has 3 aromatic carbocycles. The van der Waals surface area contributed by atoms with Crippen molar-refractivity contribution < 1.29 is 19.1 Å². The Bertz CT molecular complexity index is 1250. The predicted octanol–water partition coefficient (Wildman–Crippen LogP) is 4.49. The van der Waals surface area contributed by atoms with Gasteiger partial charge in [0.15, 0.2) is 6.10 Å². The first-order chi connectivity index (χ1) is 15.5. The molecule has 1 aromatic heterocycles. The maximum absolute atomic E-state index is 12.5. The minimum absolute atomic E-state index is 0.305. The molecular weight excluding hydrogens is 406 g/mol. The quantitative estimate of drug-likeness (QED) is 0.456. The SMILES string of the molecule is COC(=O)c1ccc(NC(=O)[C@H](C)Oc2ccc(-c3cnc4ccccc4n3)cc2)cc1. The summed E-state index contributed by atoms with van der Waals surface area (Å²) in [6.45, 7) is 1.67. The van der Waals surface area contributed by atoms with Gasteiger partial charge >= 0.3 is 5.97 Å². The Kier molecular flexibility index (Phi) is 6.07. The molecule has 1 atom stereocenters. The predicted molar refractivity (Wildman–Crippen MR) is 121 cm³/mol. The number of hydrogen-bond donors (Lipinski definition) is 1. The summed E-state index contributed by atoms with van der Waals surface area (Å²) in [5, 5.41) is 2.77. The van der Waals surface area contributed by atoms with Crippen molar-refractivity contribution in [2.75, 3.05) is 12.4 Å². The van der Waals surface area contributed by atoms with Crippen LogP contribution in [0.3, 0.4) is 0 Å². The summed E-state index contributed by atoms with van der Waals surface area (Å²) in [5.41, 5.74) is 4.30. The third-order valence-electron chi connectivity index (χ3n) is 4.85. The zero-order chi connectivity index (χ0) is 22.5. The minimum Gasteiger partial charge on any atom is -0.481 e. The first kappa shape index (κ1) is 21.0. The second-order valence-corrected chi connectivity index (χ2v) is 7.09. The number of para-hydroxylation sites is 2. The molecule has 0 spiro atoms. The highest BCUT2D eigenvalue weighted by Crippen LogP contribution is 2.23. The minimum atomic E-state index is -0.721. The molecule has 0 fully saturated rings. The highest BCUT2D eigenvalue weighted by molar-refractivity contribution is 5.95. The molecule has 7 nitrogen and oxygen atoms in total. The Morgan fingerprint density at radius 3 is 2.28 bits per heavy atom. The van der Waals surface area contributed by atoms with Gasteiger partial charge in [-0.25, -0.2) is 9.78 Å². The largest absolute Gasteiger partial charge is 0.481 e. The topological polar surface area (TPSA) is 90.4 Å². The average molecular weight is 427 g/mol. The van der Waals surface area contributed by atoms with Gasteiger partial charge in [-0.2, -0.15) is 0 Å². The highest BCUT2D eigenvalue weighted by Gasteiger charge is 2.15. The van der Waals surface area contributed by atoms with E-state index in [4.69, 9.17) is 4.74 Å². The zero-order valence-corrected chi connectivity index (χ0v) is 17.6. The Morgan fingerprint density at radius 2 is 1.59 bits per heavy atom. The Morgan fingerprint density at radius 1 is 0.906 bits per heavy atom. The van der Waals surface area contributed by atoms with E-state index in [9.17, 15) is 9.59 Å². The maximum Gasteiger partial charge on any atom is 0.337 e. The van der Waals surface area contributed by atoms with Crippen molar-refractivity contribution in [2.45, 2.75) is 13.0 Å². The smallest absolute Gasteiger partial charge is 0.337 e. The van der Waals surface area contributed by atoms with Crippen molar-refractivity contribution in [1.82, 2.24) is 9.97 Å². The van der Waals surface area contributed by atoms with Crippen LogP contribution in [0.25, 0.3) is 22.3 Å². The number of anilines is 1. The van der Waals surface area contributed by atoms with E-state index in [1.54, 1.807) is 49.5 Å². The van der Waals surface area contributed by atoms with E-state index >= 15 is 0 Å². The lowest BCUT2D eigenvalue weighted by Crippen LogP contribution is -2.30. The van der Waals surface area contributed by atoms with Crippen LogP contribution in [0.2, 0.25) is 0 Å². The summed E-state index contributed by atoms with van der Waals surface area (Å²) in [5.74, 6) is -0.177. The summed E-state index contributed by atoms with van der Waals surface area (Å²) >= 11 is 0. The lowest BCUT2D eigenvalue weighted by atomic mass is 10.1. The summed E-state index contributed by atoms with van der Waals surface area (Å²) in [6.07, 6.45) is 1.02. The van der Waals surface area contributed by atoms with Gasteiger partial charge in [0, 0.05) is 11.3 Å². The monoisotopic (exact) mass is 427 g/mol. The van der Waals surface area contributed by atoms with Crippen molar-refractivity contribution in [3.8, 4) is 17.0 Å². The van der Waals surface area contributed by atoms with Crippen LogP contribution in [0.5, 0.6) is 5.75 Å². The number of esters is 1. The molecule has 0 aliphatic carbocycles. The molecule has 0 saturated carbocycles. The zero-order valence-electron chi connectivity index (χ0n) is 17.6. The number of ether oxygens (including phenoxy) is 2. The molecular formula is C25H21N3O4. The van der Waals surface area contributed by atoms with Crippen molar-refractivity contribution in [3.63, 3.8) is 0 Å². The van der Waals surface area contributed by atoms with Crippen LogP contribution in [0.15, 0.2) is 79.0 Å². The molecule has 1 N–H and O–H groups in total.